The number of nitro benzene ring substituents is 1. The van der Waals surface area contributed by atoms with Gasteiger partial charge in [-0.05, 0) is 19.1 Å². The smallest absolute Gasteiger partial charge is 0.286 e. The van der Waals surface area contributed by atoms with Gasteiger partial charge >= 0.3 is 0 Å². The number of nitrogens with one attached hydrogen (secondary N) is 1. The van der Waals surface area contributed by atoms with Gasteiger partial charge < -0.3 is 14.8 Å². The Morgan fingerprint density at radius 3 is 2.44 bits per heavy atom. The number of amides is 1. The van der Waals surface area contributed by atoms with Crippen LogP contribution in [0.1, 0.15) is 27.6 Å². The molecule has 0 saturated carbocycles. The Bertz CT molecular complexity index is 877. The summed E-state index contributed by atoms with van der Waals surface area (Å²) >= 11 is 0. The third-order valence-corrected chi connectivity index (χ3v) is 3.63. The van der Waals surface area contributed by atoms with Crippen LogP contribution in [0.15, 0.2) is 36.4 Å². The summed E-state index contributed by atoms with van der Waals surface area (Å²) in [6.07, 6.45) is 0. The van der Waals surface area contributed by atoms with Gasteiger partial charge in [-0.3, -0.25) is 19.7 Å². The molecule has 1 aliphatic heterocycles. The maximum Gasteiger partial charge on any atom is 0.286 e. The van der Waals surface area contributed by atoms with Gasteiger partial charge in [0.25, 0.3) is 11.6 Å². The maximum absolute atomic E-state index is 12.5. The lowest BCUT2D eigenvalue weighted by Gasteiger charge is -2.18. The zero-order chi connectivity index (χ0) is 18.0. The van der Waals surface area contributed by atoms with Crippen molar-refractivity contribution in [2.24, 2.45) is 0 Å². The number of anilines is 1. The van der Waals surface area contributed by atoms with Crippen molar-refractivity contribution in [3.63, 3.8) is 0 Å². The lowest BCUT2D eigenvalue weighted by atomic mass is 10.1. The summed E-state index contributed by atoms with van der Waals surface area (Å²) < 4.78 is 10.7. The predicted octanol–water partition coefficient (Wildman–Crippen LogP) is 2.82. The third kappa shape index (κ3) is 3.42. The summed E-state index contributed by atoms with van der Waals surface area (Å²) in [6.45, 7) is 1.99. The SMILES string of the molecule is CC(=O)c1cccc(NC(=O)c2cc3c(cc2[N+](=O)[O-])OCCO3)c1. The second-order valence-electron chi connectivity index (χ2n) is 5.36. The van der Waals surface area contributed by atoms with Crippen molar-refractivity contribution >= 4 is 23.1 Å². The minimum absolute atomic E-state index is 0.150. The van der Waals surface area contributed by atoms with E-state index in [-0.39, 0.29) is 35.1 Å². The molecule has 0 bridgehead atoms. The number of ether oxygens (including phenoxy) is 2. The Morgan fingerprint density at radius 2 is 1.80 bits per heavy atom. The normalized spacial score (nSPS) is 12.4. The number of fused-ring (bicyclic) bond motifs is 1. The number of benzene rings is 2. The second-order valence-corrected chi connectivity index (χ2v) is 5.36. The molecule has 2 aromatic rings. The molecule has 0 radical (unpaired) electrons. The minimum atomic E-state index is -0.677. The van der Waals surface area contributed by atoms with Gasteiger partial charge in [0, 0.05) is 17.3 Å². The van der Waals surface area contributed by atoms with E-state index in [4.69, 9.17) is 9.47 Å². The summed E-state index contributed by atoms with van der Waals surface area (Å²) in [5.74, 6) is -0.321. The standard InChI is InChI=1S/C17H14N2O6/c1-10(20)11-3-2-4-12(7-11)18-17(21)13-8-15-16(25-6-5-24-15)9-14(13)19(22)23/h2-4,7-9H,5-6H2,1H3,(H,18,21). The van der Waals surface area contributed by atoms with Crippen LogP contribution in [-0.4, -0.2) is 29.8 Å². The number of carbonyl (C=O) groups excluding carboxylic acids is 2. The van der Waals surface area contributed by atoms with Crippen LogP contribution in [0.3, 0.4) is 0 Å². The molecular weight excluding hydrogens is 328 g/mol. The van der Waals surface area contributed by atoms with E-state index in [9.17, 15) is 19.7 Å². The van der Waals surface area contributed by atoms with Gasteiger partial charge in [0.2, 0.25) is 0 Å². The van der Waals surface area contributed by atoms with Gasteiger partial charge in [-0.1, -0.05) is 12.1 Å². The number of Topliss-reactive ketones (excluding diaryl/α,β-unsaturated/α-hetero) is 1. The first-order chi connectivity index (χ1) is 12.0. The molecule has 1 heterocycles. The summed E-state index contributed by atoms with van der Waals surface area (Å²) in [6, 6.07) is 8.79. The topological polar surface area (TPSA) is 108 Å². The average molecular weight is 342 g/mol. The number of hydrogen-bond acceptors (Lipinski definition) is 6. The summed E-state index contributed by atoms with van der Waals surface area (Å²) in [7, 11) is 0. The molecule has 0 saturated heterocycles. The van der Waals surface area contributed by atoms with E-state index >= 15 is 0 Å². The van der Waals surface area contributed by atoms with Crippen LogP contribution >= 0.6 is 0 Å². The monoisotopic (exact) mass is 342 g/mol. The van der Waals surface area contributed by atoms with E-state index in [1.807, 2.05) is 0 Å². The Labute approximate surface area is 142 Å². The second kappa shape index (κ2) is 6.60. The largest absolute Gasteiger partial charge is 0.486 e. The summed E-state index contributed by atoms with van der Waals surface area (Å²) in [5, 5.41) is 13.9. The predicted molar refractivity (Wildman–Crippen MR) is 88.5 cm³/mol. The minimum Gasteiger partial charge on any atom is -0.486 e. The average Bonchev–Trinajstić information content (AvgIpc) is 2.60. The molecule has 128 valence electrons. The summed E-state index contributed by atoms with van der Waals surface area (Å²) in [4.78, 5) is 34.6. The Kier molecular flexibility index (Phi) is 4.34. The van der Waals surface area contributed by atoms with Gasteiger partial charge in [0.15, 0.2) is 17.3 Å². The number of rotatable bonds is 4. The van der Waals surface area contributed by atoms with Crippen molar-refractivity contribution in [3.05, 3.63) is 57.6 Å². The zero-order valence-electron chi connectivity index (χ0n) is 13.3. The van der Waals surface area contributed by atoms with Crippen LogP contribution in [0, 0.1) is 10.1 Å². The van der Waals surface area contributed by atoms with Gasteiger partial charge in [0.05, 0.1) is 11.0 Å². The van der Waals surface area contributed by atoms with Crippen LogP contribution < -0.4 is 14.8 Å². The number of hydrogen-bond donors (Lipinski definition) is 1. The highest BCUT2D eigenvalue weighted by Crippen LogP contribution is 2.36. The molecule has 0 unspecified atom stereocenters. The number of ketones is 1. The lowest BCUT2D eigenvalue weighted by molar-refractivity contribution is -0.385. The molecule has 3 rings (SSSR count). The van der Waals surface area contributed by atoms with E-state index < -0.39 is 10.8 Å². The molecule has 1 N–H and O–H groups in total. The van der Waals surface area contributed by atoms with Crippen LogP contribution in [0.5, 0.6) is 11.5 Å². The fraction of sp³-hybridized carbons (Fsp3) is 0.176. The molecule has 8 heteroatoms. The lowest BCUT2D eigenvalue weighted by Crippen LogP contribution is -2.18. The Balaban J connectivity index is 1.95. The molecule has 0 aliphatic carbocycles. The zero-order valence-corrected chi connectivity index (χ0v) is 13.3. The van der Waals surface area contributed by atoms with Crippen LogP contribution in [0.4, 0.5) is 11.4 Å². The van der Waals surface area contributed by atoms with Crippen molar-refractivity contribution in [2.75, 3.05) is 18.5 Å². The molecule has 0 spiro atoms. The Hall–Kier alpha value is -3.42. The molecule has 25 heavy (non-hydrogen) atoms. The van der Waals surface area contributed by atoms with E-state index in [0.29, 0.717) is 17.9 Å². The molecule has 1 aliphatic rings. The molecule has 2 aromatic carbocycles. The quantitative estimate of drug-likeness (QED) is 0.520. The van der Waals surface area contributed by atoms with Crippen molar-refractivity contribution in [2.45, 2.75) is 6.92 Å². The number of carbonyl (C=O) groups is 2. The summed E-state index contributed by atoms with van der Waals surface area (Å²) in [5.41, 5.74) is 0.253. The first-order valence-corrected chi connectivity index (χ1v) is 7.46. The van der Waals surface area contributed by atoms with Gasteiger partial charge in [0.1, 0.15) is 18.8 Å². The highest BCUT2D eigenvalue weighted by Gasteiger charge is 2.26. The first kappa shape index (κ1) is 16.4. The van der Waals surface area contributed by atoms with Crippen molar-refractivity contribution in [1.29, 1.82) is 0 Å². The maximum atomic E-state index is 12.5. The fourth-order valence-corrected chi connectivity index (χ4v) is 2.43. The first-order valence-electron chi connectivity index (χ1n) is 7.46. The van der Waals surface area contributed by atoms with Gasteiger partial charge in [-0.15, -0.1) is 0 Å². The van der Waals surface area contributed by atoms with E-state index in [2.05, 4.69) is 5.32 Å². The van der Waals surface area contributed by atoms with Gasteiger partial charge in [-0.25, -0.2) is 0 Å². The highest BCUT2D eigenvalue weighted by atomic mass is 16.6. The highest BCUT2D eigenvalue weighted by molar-refractivity contribution is 6.08. The number of nitrogens with zero attached hydrogens (tertiary/aromatic N) is 1. The van der Waals surface area contributed by atoms with Crippen molar-refractivity contribution in [1.82, 2.24) is 0 Å². The fourth-order valence-electron chi connectivity index (χ4n) is 2.43. The Morgan fingerprint density at radius 1 is 1.12 bits per heavy atom. The van der Waals surface area contributed by atoms with Crippen LogP contribution in [-0.2, 0) is 0 Å². The van der Waals surface area contributed by atoms with E-state index in [1.54, 1.807) is 18.2 Å². The van der Waals surface area contributed by atoms with Crippen LogP contribution in [0.25, 0.3) is 0 Å². The third-order valence-electron chi connectivity index (χ3n) is 3.63. The molecule has 8 nitrogen and oxygen atoms in total. The molecule has 0 aromatic heterocycles. The number of nitro groups is 1. The van der Waals surface area contributed by atoms with Gasteiger partial charge in [-0.2, -0.15) is 0 Å². The van der Waals surface area contributed by atoms with Crippen molar-refractivity contribution in [3.8, 4) is 11.5 Å². The van der Waals surface area contributed by atoms with Crippen molar-refractivity contribution < 1.29 is 24.0 Å². The molecule has 1 amide bonds. The molecule has 0 fully saturated rings. The van der Waals surface area contributed by atoms with Crippen LogP contribution in [0.2, 0.25) is 0 Å². The van der Waals surface area contributed by atoms with E-state index in [1.165, 1.54) is 25.1 Å². The molecule has 0 atom stereocenters. The molecular formula is C17H14N2O6. The van der Waals surface area contributed by atoms with E-state index in [0.717, 1.165) is 0 Å².